The number of carbonyl (C=O) groups is 1. The molecule has 0 unspecified atom stereocenters. The number of hydrogen-bond acceptors (Lipinski definition) is 5. The van der Waals surface area contributed by atoms with Gasteiger partial charge in [-0.2, -0.15) is 13.2 Å². The maximum Gasteiger partial charge on any atom is 0.416 e. The van der Waals surface area contributed by atoms with Gasteiger partial charge in [-0.25, -0.2) is 8.42 Å². The van der Waals surface area contributed by atoms with E-state index in [4.69, 9.17) is 4.74 Å². The molecular weight excluding hydrogens is 419 g/mol. The highest BCUT2D eigenvalue weighted by Gasteiger charge is 2.46. The Balaban J connectivity index is 2.22. The van der Waals surface area contributed by atoms with Gasteiger partial charge in [0.25, 0.3) is 0 Å². The van der Waals surface area contributed by atoms with Crippen molar-refractivity contribution in [1.29, 1.82) is 0 Å². The summed E-state index contributed by atoms with van der Waals surface area (Å²) < 4.78 is 69.5. The van der Waals surface area contributed by atoms with Gasteiger partial charge in [0.05, 0.1) is 21.8 Å². The number of esters is 1. The predicted molar refractivity (Wildman–Crippen MR) is 108 cm³/mol. The Morgan fingerprint density at radius 1 is 1.13 bits per heavy atom. The maximum absolute atomic E-state index is 13.2. The Kier molecular flexibility index (Phi) is 6.98. The number of ether oxygens (including phenoxy) is 1. The van der Waals surface area contributed by atoms with E-state index in [9.17, 15) is 26.4 Å². The van der Waals surface area contributed by atoms with E-state index in [1.54, 1.807) is 34.6 Å². The third-order valence-electron chi connectivity index (χ3n) is 6.21. The summed E-state index contributed by atoms with van der Waals surface area (Å²) in [5.74, 6) is -0.592. The summed E-state index contributed by atoms with van der Waals surface area (Å²) >= 11 is 0. The molecule has 30 heavy (non-hydrogen) atoms. The van der Waals surface area contributed by atoms with Crippen molar-refractivity contribution >= 4 is 15.8 Å². The Morgan fingerprint density at radius 2 is 1.70 bits per heavy atom. The van der Waals surface area contributed by atoms with Gasteiger partial charge in [-0.3, -0.25) is 9.69 Å². The van der Waals surface area contributed by atoms with E-state index >= 15 is 0 Å². The van der Waals surface area contributed by atoms with Crippen molar-refractivity contribution in [2.24, 2.45) is 5.92 Å². The summed E-state index contributed by atoms with van der Waals surface area (Å²) in [5.41, 5.74) is -1.81. The topological polar surface area (TPSA) is 63.7 Å². The van der Waals surface area contributed by atoms with Crippen LogP contribution in [0.4, 0.5) is 13.2 Å². The number of piperidine rings is 1. The van der Waals surface area contributed by atoms with E-state index < -0.39 is 31.9 Å². The first-order valence-corrected chi connectivity index (χ1v) is 11.5. The SMILES string of the molecule is CCOC(=O)C(C)(C)N1CCC(C(C)(C)S(=O)(=O)c2cccc(C(F)(F)F)c2)CC1. The lowest BCUT2D eigenvalue weighted by Gasteiger charge is -2.44. The quantitative estimate of drug-likeness (QED) is 0.606. The molecule has 1 aromatic carbocycles. The van der Waals surface area contributed by atoms with Crippen LogP contribution in [0.25, 0.3) is 0 Å². The number of likely N-dealkylation sites (tertiary alicyclic amines) is 1. The fraction of sp³-hybridized carbons (Fsp3) is 0.667. The zero-order valence-corrected chi connectivity index (χ0v) is 18.9. The molecule has 1 aliphatic rings. The fourth-order valence-corrected chi connectivity index (χ4v) is 5.76. The lowest BCUT2D eigenvalue weighted by molar-refractivity contribution is -0.156. The summed E-state index contributed by atoms with van der Waals surface area (Å²) in [6.07, 6.45) is -3.60. The van der Waals surface area contributed by atoms with E-state index in [1.807, 2.05) is 4.90 Å². The van der Waals surface area contributed by atoms with Gasteiger partial charge in [0, 0.05) is 0 Å². The highest BCUT2D eigenvalue weighted by atomic mass is 32.2. The number of hydrogen-bond donors (Lipinski definition) is 0. The molecule has 1 aliphatic heterocycles. The molecule has 0 bridgehead atoms. The van der Waals surface area contributed by atoms with Crippen LogP contribution in [0.15, 0.2) is 29.2 Å². The lowest BCUT2D eigenvalue weighted by atomic mass is 9.84. The van der Waals surface area contributed by atoms with Crippen LogP contribution in [0.3, 0.4) is 0 Å². The van der Waals surface area contributed by atoms with Gasteiger partial charge in [-0.05, 0) is 84.7 Å². The minimum absolute atomic E-state index is 0.258. The first kappa shape index (κ1) is 24.7. The number of alkyl halides is 3. The number of carbonyl (C=O) groups excluding carboxylic acids is 1. The molecule has 0 spiro atoms. The molecule has 0 N–H and O–H groups in total. The summed E-state index contributed by atoms with van der Waals surface area (Å²) in [5, 5.41) is 0. The van der Waals surface area contributed by atoms with Crippen molar-refractivity contribution in [3.05, 3.63) is 29.8 Å². The van der Waals surface area contributed by atoms with Crippen molar-refractivity contribution in [2.45, 2.75) is 68.8 Å². The molecule has 5 nitrogen and oxygen atoms in total. The molecule has 1 saturated heterocycles. The second-order valence-electron chi connectivity index (χ2n) is 8.67. The zero-order valence-electron chi connectivity index (χ0n) is 18.0. The van der Waals surface area contributed by atoms with E-state index in [2.05, 4.69) is 0 Å². The minimum atomic E-state index is -4.61. The third-order valence-corrected chi connectivity index (χ3v) is 8.80. The second-order valence-corrected chi connectivity index (χ2v) is 11.2. The van der Waals surface area contributed by atoms with E-state index in [-0.39, 0.29) is 23.4 Å². The monoisotopic (exact) mass is 449 g/mol. The van der Waals surface area contributed by atoms with Gasteiger partial charge in [0.2, 0.25) is 0 Å². The number of nitrogens with zero attached hydrogens (tertiary/aromatic N) is 1. The first-order valence-electron chi connectivity index (χ1n) is 10.00. The van der Waals surface area contributed by atoms with Crippen molar-refractivity contribution in [3.8, 4) is 0 Å². The molecule has 0 aromatic heterocycles. The fourth-order valence-electron chi connectivity index (χ4n) is 3.93. The van der Waals surface area contributed by atoms with E-state index in [0.29, 0.717) is 32.0 Å². The Bertz CT molecular complexity index is 870. The number of rotatable bonds is 6. The smallest absolute Gasteiger partial charge is 0.416 e. The lowest BCUT2D eigenvalue weighted by Crippen LogP contribution is -2.56. The largest absolute Gasteiger partial charge is 0.465 e. The predicted octanol–water partition coefficient (Wildman–Crippen LogP) is 4.31. The van der Waals surface area contributed by atoms with Crippen molar-refractivity contribution < 1.29 is 31.1 Å². The van der Waals surface area contributed by atoms with Crippen LogP contribution < -0.4 is 0 Å². The average molecular weight is 450 g/mol. The molecule has 1 heterocycles. The van der Waals surface area contributed by atoms with Crippen molar-refractivity contribution in [3.63, 3.8) is 0 Å². The van der Waals surface area contributed by atoms with Gasteiger partial charge >= 0.3 is 12.1 Å². The van der Waals surface area contributed by atoms with Crippen LogP contribution in [0, 0.1) is 5.92 Å². The molecule has 0 atom stereocenters. The van der Waals surface area contributed by atoms with Crippen LogP contribution in [0.1, 0.15) is 53.0 Å². The van der Waals surface area contributed by atoms with Crippen LogP contribution >= 0.6 is 0 Å². The number of halogens is 3. The number of benzene rings is 1. The average Bonchev–Trinajstić information content (AvgIpc) is 2.67. The molecule has 1 fully saturated rings. The van der Waals surface area contributed by atoms with E-state index in [1.165, 1.54) is 6.07 Å². The normalized spacial score (nSPS) is 17.7. The van der Waals surface area contributed by atoms with Crippen molar-refractivity contribution in [2.75, 3.05) is 19.7 Å². The summed E-state index contributed by atoms with van der Waals surface area (Å²) in [4.78, 5) is 13.9. The van der Waals surface area contributed by atoms with E-state index in [0.717, 1.165) is 12.1 Å². The first-order chi connectivity index (χ1) is 13.7. The Hall–Kier alpha value is -1.61. The zero-order chi connectivity index (χ0) is 23.0. The van der Waals surface area contributed by atoms with Gasteiger partial charge in [-0.1, -0.05) is 6.07 Å². The Labute approximate surface area is 176 Å². The van der Waals surface area contributed by atoms with Gasteiger partial charge in [0.15, 0.2) is 9.84 Å². The van der Waals surface area contributed by atoms with Crippen LogP contribution in [-0.4, -0.2) is 49.3 Å². The molecule has 170 valence electrons. The summed E-state index contributed by atoms with van der Waals surface area (Å²) in [6, 6.07) is 3.90. The summed E-state index contributed by atoms with van der Waals surface area (Å²) in [6.45, 7) is 9.70. The van der Waals surface area contributed by atoms with Crippen LogP contribution in [-0.2, 0) is 25.5 Å². The van der Waals surface area contributed by atoms with Crippen LogP contribution in [0.5, 0.6) is 0 Å². The molecular formula is C21H30F3NO4S. The molecule has 0 aliphatic carbocycles. The molecule has 1 aromatic rings. The van der Waals surface area contributed by atoms with Gasteiger partial charge < -0.3 is 4.74 Å². The molecule has 9 heteroatoms. The molecule has 0 radical (unpaired) electrons. The molecule has 0 amide bonds. The van der Waals surface area contributed by atoms with Crippen LogP contribution in [0.2, 0.25) is 0 Å². The minimum Gasteiger partial charge on any atom is -0.465 e. The molecule has 0 saturated carbocycles. The highest BCUT2D eigenvalue weighted by molar-refractivity contribution is 7.92. The molecule has 2 rings (SSSR count). The third kappa shape index (κ3) is 4.66. The standard InChI is InChI=1S/C21H30F3NO4S/c1-6-29-18(26)19(2,3)25-12-10-15(11-13-25)20(4,5)30(27,28)17-9-7-8-16(14-17)21(22,23)24/h7-9,14-15H,6,10-13H2,1-5H3. The van der Waals surface area contributed by atoms with Gasteiger partial charge in [0.1, 0.15) is 5.54 Å². The maximum atomic E-state index is 13.2. The number of sulfone groups is 1. The van der Waals surface area contributed by atoms with Gasteiger partial charge in [-0.15, -0.1) is 0 Å². The summed E-state index contributed by atoms with van der Waals surface area (Å²) in [7, 11) is -4.01. The highest BCUT2D eigenvalue weighted by Crippen LogP contribution is 2.40. The Morgan fingerprint density at radius 3 is 2.20 bits per heavy atom. The van der Waals surface area contributed by atoms with Crippen molar-refractivity contribution in [1.82, 2.24) is 4.90 Å². The second kappa shape index (κ2) is 8.49.